The van der Waals surface area contributed by atoms with Gasteiger partial charge in [0, 0.05) is 37.1 Å². The molecule has 0 saturated carbocycles. The van der Waals surface area contributed by atoms with Crippen LogP contribution in [0.3, 0.4) is 0 Å². The van der Waals surface area contributed by atoms with Crippen LogP contribution in [0.15, 0.2) is 72.8 Å². The fourth-order valence-corrected chi connectivity index (χ4v) is 7.36. The summed E-state index contributed by atoms with van der Waals surface area (Å²) in [6.07, 6.45) is 2.81. The number of nitrogens with one attached hydrogen (secondary N) is 4. The van der Waals surface area contributed by atoms with Crippen molar-refractivity contribution in [2.75, 3.05) is 40.5 Å². The highest BCUT2D eigenvalue weighted by Gasteiger charge is 2.24. The zero-order chi connectivity index (χ0) is 49.7. The Morgan fingerprint density at radius 3 is 1.25 bits per heavy atom. The monoisotopic (exact) mass is 942 g/mol. The van der Waals surface area contributed by atoms with Crippen molar-refractivity contribution in [3.05, 3.63) is 72.8 Å². The molecule has 4 aromatic rings. The van der Waals surface area contributed by atoms with Crippen LogP contribution in [0.4, 0.5) is 9.59 Å². The minimum Gasteiger partial charge on any atom is -0.493 e. The zero-order valence-corrected chi connectivity index (χ0v) is 40.9. The van der Waals surface area contributed by atoms with Crippen molar-refractivity contribution >= 4 is 57.5 Å². The van der Waals surface area contributed by atoms with Gasteiger partial charge in [-0.2, -0.15) is 0 Å². The Bertz CT molecular complexity index is 2160. The molecule has 68 heavy (non-hydrogen) atoms. The molecule has 16 nitrogen and oxygen atoms in total. The molecule has 0 bridgehead atoms. The molecular formula is C52H70N4O12. The van der Waals surface area contributed by atoms with Crippen LogP contribution in [-0.2, 0) is 38.1 Å². The fourth-order valence-electron chi connectivity index (χ4n) is 7.36. The smallest absolute Gasteiger partial charge is 0.407 e. The Morgan fingerprint density at radius 1 is 0.500 bits per heavy atom. The summed E-state index contributed by atoms with van der Waals surface area (Å²) in [5.41, 5.74) is 0.407. The van der Waals surface area contributed by atoms with Crippen LogP contribution in [0.1, 0.15) is 106 Å². The van der Waals surface area contributed by atoms with Gasteiger partial charge in [0.05, 0.1) is 27.4 Å². The zero-order valence-electron chi connectivity index (χ0n) is 40.9. The molecule has 0 radical (unpaired) electrons. The summed E-state index contributed by atoms with van der Waals surface area (Å²) < 4.78 is 33.4. The molecule has 16 heteroatoms. The van der Waals surface area contributed by atoms with Gasteiger partial charge in [-0.3, -0.25) is 9.59 Å². The van der Waals surface area contributed by atoms with E-state index in [0.29, 0.717) is 76.0 Å². The normalized spacial score (nSPS) is 12.3. The molecule has 0 aromatic heterocycles. The highest BCUT2D eigenvalue weighted by Crippen LogP contribution is 2.45. The van der Waals surface area contributed by atoms with Crippen LogP contribution in [0.25, 0.3) is 32.7 Å². The highest BCUT2D eigenvalue weighted by atomic mass is 16.6. The summed E-state index contributed by atoms with van der Waals surface area (Å²) in [6.45, 7) is 11.8. The van der Waals surface area contributed by atoms with Crippen molar-refractivity contribution in [3.8, 4) is 22.6 Å². The summed E-state index contributed by atoms with van der Waals surface area (Å²) in [4.78, 5) is 75.2. The number of hydrogen-bond acceptors (Lipinski definition) is 12. The number of methoxy groups -OCH3 is 2. The van der Waals surface area contributed by atoms with E-state index >= 15 is 0 Å². The first-order valence-corrected chi connectivity index (χ1v) is 23.4. The predicted octanol–water partition coefficient (Wildman–Crippen LogP) is 8.68. The molecule has 0 aliphatic rings. The van der Waals surface area contributed by atoms with Gasteiger partial charge < -0.3 is 49.7 Å². The van der Waals surface area contributed by atoms with Gasteiger partial charge in [0.2, 0.25) is 11.8 Å². The highest BCUT2D eigenvalue weighted by molar-refractivity contribution is 6.09. The molecule has 0 spiro atoms. The van der Waals surface area contributed by atoms with Crippen LogP contribution in [0.5, 0.6) is 11.5 Å². The van der Waals surface area contributed by atoms with Crippen molar-refractivity contribution in [2.45, 2.75) is 129 Å². The average molecular weight is 943 g/mol. The summed E-state index contributed by atoms with van der Waals surface area (Å²) in [5.74, 6) is -0.558. The van der Waals surface area contributed by atoms with E-state index in [9.17, 15) is 28.8 Å². The van der Waals surface area contributed by atoms with Gasteiger partial charge in [0.1, 0.15) is 34.8 Å². The number of benzene rings is 4. The van der Waals surface area contributed by atoms with Crippen LogP contribution in [0, 0.1) is 0 Å². The Hall–Kier alpha value is -6.58. The van der Waals surface area contributed by atoms with Crippen molar-refractivity contribution < 1.29 is 57.2 Å². The Labute approximate surface area is 399 Å². The fraction of sp³-hybridized carbons (Fsp3) is 0.500. The average Bonchev–Trinajstić information content (AvgIpc) is 3.28. The van der Waals surface area contributed by atoms with Gasteiger partial charge in [0.15, 0.2) is 0 Å². The number of esters is 2. The van der Waals surface area contributed by atoms with Gasteiger partial charge >= 0.3 is 24.1 Å². The van der Waals surface area contributed by atoms with Crippen LogP contribution < -0.4 is 30.7 Å². The van der Waals surface area contributed by atoms with E-state index in [-0.39, 0.29) is 37.9 Å². The molecule has 0 saturated heterocycles. The first-order valence-electron chi connectivity index (χ1n) is 23.4. The molecule has 4 aromatic carbocycles. The molecule has 0 heterocycles. The van der Waals surface area contributed by atoms with Gasteiger partial charge in [-0.05, 0) is 127 Å². The molecule has 0 fully saturated rings. The summed E-state index contributed by atoms with van der Waals surface area (Å²) >= 11 is 0. The summed E-state index contributed by atoms with van der Waals surface area (Å²) in [5, 5.41) is 14.8. The molecule has 4 rings (SSSR count). The number of rotatable bonds is 25. The van der Waals surface area contributed by atoms with Gasteiger partial charge in [-0.25, -0.2) is 19.2 Å². The minimum absolute atomic E-state index is 0.0977. The third-order valence-corrected chi connectivity index (χ3v) is 10.5. The number of fused-ring (bicyclic) bond motifs is 2. The van der Waals surface area contributed by atoms with Gasteiger partial charge in [-0.1, -0.05) is 60.7 Å². The number of alkyl carbamates (subject to hydrolysis) is 2. The van der Waals surface area contributed by atoms with Crippen molar-refractivity contribution in [1.82, 2.24) is 21.3 Å². The summed E-state index contributed by atoms with van der Waals surface area (Å²) in [7, 11) is 2.55. The molecule has 4 N–H and O–H groups in total. The molecular weight excluding hydrogens is 873 g/mol. The Balaban J connectivity index is 1.39. The van der Waals surface area contributed by atoms with Crippen molar-refractivity contribution in [3.63, 3.8) is 0 Å². The van der Waals surface area contributed by atoms with E-state index in [1.54, 1.807) is 41.5 Å². The van der Waals surface area contributed by atoms with Crippen LogP contribution >= 0.6 is 0 Å². The predicted molar refractivity (Wildman–Crippen MR) is 260 cm³/mol. The number of carbonyl (C=O) groups excluding carboxylic acids is 6. The second kappa shape index (κ2) is 26.7. The first kappa shape index (κ1) is 54.0. The second-order valence-corrected chi connectivity index (χ2v) is 18.4. The Kier molecular flexibility index (Phi) is 21.2. The SMILES string of the molecule is COC(=O)[C@@H](CCCCNC(=O)OC(C)(C)C)NC(=O)CCCOc1ccc2ccccc2c1-c1c(OCCCC(=O)N[C@H](CCCCNC(=O)OC(C)(C)C)C(=O)OC)ccc2ccccc12. The van der Waals surface area contributed by atoms with Gasteiger partial charge in [0.25, 0.3) is 0 Å². The lowest BCUT2D eigenvalue weighted by Gasteiger charge is -2.20. The number of hydrogen-bond donors (Lipinski definition) is 4. The van der Waals surface area contributed by atoms with Gasteiger partial charge in [-0.15, -0.1) is 0 Å². The number of amides is 4. The first-order chi connectivity index (χ1) is 32.4. The quantitative estimate of drug-likeness (QED) is 0.0280. The lowest BCUT2D eigenvalue weighted by molar-refractivity contribution is -0.145. The lowest BCUT2D eigenvalue weighted by Crippen LogP contribution is -2.41. The van der Waals surface area contributed by atoms with E-state index in [4.69, 9.17) is 28.4 Å². The molecule has 0 unspecified atom stereocenters. The number of unbranched alkanes of at least 4 members (excludes halogenated alkanes) is 2. The minimum atomic E-state index is -0.837. The third kappa shape index (κ3) is 18.2. The maximum absolute atomic E-state index is 13.1. The second-order valence-electron chi connectivity index (χ2n) is 18.4. The standard InChI is InChI=1S/C52H70N4O12/c1-51(2,3)67-49(61)53-31-15-13-23-39(47(59)63-7)55-43(57)25-17-33-65-41-29-27-35-19-9-11-21-37(35)45(41)46-38-22-12-10-20-36(38)28-30-42(46)66-34-18-26-44(58)56-40(48(60)64-8)24-14-16-32-54-50(62)68-52(4,5)6/h9-12,19-22,27-30,39-40H,13-18,23-26,31-34H2,1-8H3,(H,53,61)(H,54,62)(H,55,57)(H,56,58)/t39-,40-/m1/s1. The van der Waals surface area contributed by atoms with E-state index in [2.05, 4.69) is 21.3 Å². The molecule has 2 atom stereocenters. The molecule has 370 valence electrons. The van der Waals surface area contributed by atoms with E-state index in [1.807, 2.05) is 72.8 Å². The molecule has 0 aliphatic carbocycles. The largest absolute Gasteiger partial charge is 0.493 e. The third-order valence-electron chi connectivity index (χ3n) is 10.5. The summed E-state index contributed by atoms with van der Waals surface area (Å²) in [6, 6.07) is 22.1. The van der Waals surface area contributed by atoms with Crippen LogP contribution in [0.2, 0.25) is 0 Å². The Morgan fingerprint density at radius 2 is 0.882 bits per heavy atom. The van der Waals surface area contributed by atoms with Crippen molar-refractivity contribution in [2.24, 2.45) is 0 Å². The number of carbonyl (C=O) groups is 6. The number of ether oxygens (including phenoxy) is 6. The van der Waals surface area contributed by atoms with E-state index in [1.165, 1.54) is 14.2 Å². The van der Waals surface area contributed by atoms with E-state index in [0.717, 1.165) is 32.7 Å². The lowest BCUT2D eigenvalue weighted by atomic mass is 9.92. The maximum Gasteiger partial charge on any atom is 0.407 e. The topological polar surface area (TPSA) is 206 Å². The molecule has 4 amide bonds. The van der Waals surface area contributed by atoms with Crippen LogP contribution in [-0.4, -0.2) is 99.7 Å². The van der Waals surface area contributed by atoms with Crippen molar-refractivity contribution in [1.29, 1.82) is 0 Å². The van der Waals surface area contributed by atoms with E-state index < -0.39 is 47.4 Å². The molecule has 0 aliphatic heterocycles. The maximum atomic E-state index is 13.1.